The van der Waals surface area contributed by atoms with E-state index < -0.39 is 11.2 Å². The molecule has 0 atom stereocenters. The maximum atomic E-state index is 10.7. The van der Waals surface area contributed by atoms with Gasteiger partial charge in [-0.3, -0.25) is 0 Å². The Morgan fingerprint density at radius 2 is 0.797 bits per heavy atom. The smallest absolute Gasteiger partial charge is 0.495 e. The van der Waals surface area contributed by atoms with E-state index in [9.17, 15) is 15.3 Å². The predicted octanol–water partition coefficient (Wildman–Crippen LogP) is 14.0. The summed E-state index contributed by atoms with van der Waals surface area (Å²) in [4.78, 5) is 0. The van der Waals surface area contributed by atoms with Crippen LogP contribution in [0.5, 0.6) is 5.75 Å². The van der Waals surface area contributed by atoms with Crippen molar-refractivity contribution in [2.45, 2.75) is 195 Å². The number of phenolic OH excluding ortho intramolecular Hbond substituents is 1. The summed E-state index contributed by atoms with van der Waals surface area (Å²) in [5, 5.41) is 31.1. The van der Waals surface area contributed by atoms with Crippen molar-refractivity contribution in [1.29, 1.82) is 0 Å². The molecule has 348 valence electrons. The molecule has 0 radical (unpaired) electrons. The van der Waals surface area contributed by atoms with Gasteiger partial charge in [0.1, 0.15) is 5.75 Å². The molecule has 0 aromatic heterocycles. The molecular weight excluding hydrogens is 787 g/mol. The molecule has 5 nitrogen and oxygen atoms in total. The summed E-state index contributed by atoms with van der Waals surface area (Å²) in [6.07, 6.45) is 14.9. The number of benzene rings is 4. The van der Waals surface area contributed by atoms with Crippen molar-refractivity contribution in [3.05, 3.63) is 141 Å². The van der Waals surface area contributed by atoms with Gasteiger partial charge in [-0.2, -0.15) is 0 Å². The minimum atomic E-state index is -0.738. The Balaban J connectivity index is 0.000000290. The van der Waals surface area contributed by atoms with E-state index in [4.69, 9.17) is 9.31 Å². The molecule has 1 fully saturated rings. The summed E-state index contributed by atoms with van der Waals surface area (Å²) in [5.74, 6) is 0.348. The third-order valence-corrected chi connectivity index (χ3v) is 15.7. The molecule has 1 heterocycles. The first-order chi connectivity index (χ1) is 30.0. The van der Waals surface area contributed by atoms with Gasteiger partial charge >= 0.3 is 7.12 Å². The van der Waals surface area contributed by atoms with E-state index in [0.29, 0.717) is 31.4 Å². The highest BCUT2D eigenvalue weighted by Crippen LogP contribution is 2.43. The van der Waals surface area contributed by atoms with Crippen LogP contribution in [0.25, 0.3) is 12.2 Å². The van der Waals surface area contributed by atoms with Gasteiger partial charge in [-0.25, -0.2) is 0 Å². The first kappa shape index (κ1) is 52.7. The number of hydrogen-bond acceptors (Lipinski definition) is 5. The summed E-state index contributed by atoms with van der Waals surface area (Å²) in [6, 6.07) is 26.3. The number of phenols is 1. The van der Waals surface area contributed by atoms with Crippen LogP contribution in [0.3, 0.4) is 0 Å². The molecule has 1 aliphatic heterocycles. The molecule has 0 unspecified atom stereocenters. The largest absolute Gasteiger partial charge is 0.508 e. The lowest BCUT2D eigenvalue weighted by Gasteiger charge is -2.34. The zero-order chi connectivity index (χ0) is 47.9. The van der Waals surface area contributed by atoms with Crippen molar-refractivity contribution in [1.82, 2.24) is 0 Å². The molecule has 1 saturated heterocycles. The molecule has 0 bridgehead atoms. The van der Waals surface area contributed by atoms with Gasteiger partial charge in [-0.1, -0.05) is 152 Å². The van der Waals surface area contributed by atoms with Crippen LogP contribution in [-0.4, -0.2) is 44.8 Å². The fraction of sp³-hybridized carbons (Fsp3) is 0.517. The number of aliphatic hydroxyl groups is 2. The molecule has 0 amide bonds. The first-order valence-corrected chi connectivity index (χ1v) is 24.3. The Kier molecular flexibility index (Phi) is 17.4. The van der Waals surface area contributed by atoms with Crippen molar-refractivity contribution >= 4 is 24.7 Å². The maximum Gasteiger partial charge on any atom is 0.495 e. The summed E-state index contributed by atoms with van der Waals surface area (Å²) in [6.45, 7) is 33.9. The van der Waals surface area contributed by atoms with Crippen molar-refractivity contribution < 1.29 is 24.6 Å². The van der Waals surface area contributed by atoms with Crippen LogP contribution in [0, 0.1) is 27.7 Å². The SMILES string of the molecule is CCC(O)(/C=C/c1ccc(C(CC)(CC)c2ccc(B3OC(C)(C)C(C)(C)O3)c(C)c2)cc1C)CC.CCC(O)(/C=C/c1ccc(C(CC)(CC)c2ccc(O)c(C)c2)cc1C)CC. The standard InChI is InChI=1S/C32H47BO3.C26H36O2/c1-11-31(34,12-2)20-19-25-15-16-26(21-23(25)5)32(13-3,14-4)27-17-18-28(24(6)22-27)33-35-29(7,8)30(9,10)36-33;1-7-25(28,8-2)16-15-21-11-12-22(17-19(21)5)26(9-3,10-4)23-13-14-24(27)20(6)18-23/h15-22,34H,11-14H2,1-10H3;11-18,27-28H,7-10H2,1-6H3/b20-19+;16-15+. The number of hydrogen-bond donors (Lipinski definition) is 3. The average molecular weight is 871 g/mol. The Bertz CT molecular complexity index is 2210. The minimum Gasteiger partial charge on any atom is -0.508 e. The van der Waals surface area contributed by atoms with Crippen LogP contribution >= 0.6 is 0 Å². The van der Waals surface area contributed by atoms with E-state index in [1.54, 1.807) is 0 Å². The van der Waals surface area contributed by atoms with Gasteiger partial charge in [0, 0.05) is 10.8 Å². The van der Waals surface area contributed by atoms with Crippen molar-refractivity contribution in [2.24, 2.45) is 0 Å². The molecule has 1 aliphatic rings. The van der Waals surface area contributed by atoms with Crippen LogP contribution in [-0.2, 0) is 20.1 Å². The first-order valence-electron chi connectivity index (χ1n) is 24.3. The molecule has 0 spiro atoms. The monoisotopic (exact) mass is 871 g/mol. The van der Waals surface area contributed by atoms with E-state index >= 15 is 0 Å². The molecule has 4 aromatic rings. The molecule has 3 N–H and O–H groups in total. The molecule has 0 aliphatic carbocycles. The lowest BCUT2D eigenvalue weighted by Crippen LogP contribution is -2.41. The van der Waals surface area contributed by atoms with Crippen molar-refractivity contribution in [3.63, 3.8) is 0 Å². The van der Waals surface area contributed by atoms with E-state index in [1.807, 2.05) is 52.8 Å². The number of aromatic hydroxyl groups is 1. The van der Waals surface area contributed by atoms with E-state index in [1.165, 1.54) is 38.9 Å². The zero-order valence-corrected chi connectivity index (χ0v) is 42.6. The predicted molar refractivity (Wildman–Crippen MR) is 274 cm³/mol. The number of aryl methyl sites for hydroxylation is 4. The van der Waals surface area contributed by atoms with Crippen LogP contribution in [0.15, 0.2) is 84.9 Å². The molecule has 64 heavy (non-hydrogen) atoms. The summed E-state index contributed by atoms with van der Waals surface area (Å²) < 4.78 is 12.7. The van der Waals surface area contributed by atoms with Gasteiger partial charge in [0.2, 0.25) is 0 Å². The van der Waals surface area contributed by atoms with Gasteiger partial charge in [0.05, 0.1) is 22.4 Å². The van der Waals surface area contributed by atoms with Crippen LogP contribution in [0.1, 0.15) is 190 Å². The van der Waals surface area contributed by atoms with Gasteiger partial charge in [-0.05, 0) is 168 Å². The second-order valence-electron chi connectivity index (χ2n) is 19.7. The van der Waals surface area contributed by atoms with Crippen molar-refractivity contribution in [2.75, 3.05) is 0 Å². The highest BCUT2D eigenvalue weighted by molar-refractivity contribution is 6.62. The Morgan fingerprint density at radius 3 is 1.11 bits per heavy atom. The Labute approximate surface area is 389 Å². The molecule has 0 saturated carbocycles. The number of rotatable bonds is 17. The summed E-state index contributed by atoms with van der Waals surface area (Å²) in [5.41, 5.74) is 10.9. The third kappa shape index (κ3) is 11.0. The minimum absolute atomic E-state index is 0.0696. The van der Waals surface area contributed by atoms with E-state index in [0.717, 1.165) is 47.8 Å². The van der Waals surface area contributed by atoms with Gasteiger partial charge < -0.3 is 24.6 Å². The van der Waals surface area contributed by atoms with Crippen molar-refractivity contribution in [3.8, 4) is 5.75 Å². The highest BCUT2D eigenvalue weighted by Gasteiger charge is 2.52. The molecule has 5 rings (SSSR count). The topological polar surface area (TPSA) is 79.2 Å². The Morgan fingerprint density at radius 1 is 0.469 bits per heavy atom. The maximum absolute atomic E-state index is 10.7. The summed E-state index contributed by atoms with van der Waals surface area (Å²) in [7, 11) is -0.347. The summed E-state index contributed by atoms with van der Waals surface area (Å²) >= 11 is 0. The quantitative estimate of drug-likeness (QED) is 0.0921. The molecule has 4 aromatic carbocycles. The van der Waals surface area contributed by atoms with E-state index in [-0.39, 0.29) is 29.2 Å². The van der Waals surface area contributed by atoms with Crippen LogP contribution in [0.2, 0.25) is 0 Å². The van der Waals surface area contributed by atoms with Gasteiger partial charge in [0.15, 0.2) is 0 Å². The van der Waals surface area contributed by atoms with Crippen LogP contribution in [0.4, 0.5) is 0 Å². The fourth-order valence-electron chi connectivity index (χ4n) is 9.41. The fourth-order valence-corrected chi connectivity index (χ4v) is 9.41. The Hall–Kier alpha value is -3.94. The molecule has 6 heteroatoms. The normalized spacial score (nSPS) is 15.6. The second-order valence-corrected chi connectivity index (χ2v) is 19.7. The van der Waals surface area contributed by atoms with Gasteiger partial charge in [0.25, 0.3) is 0 Å². The van der Waals surface area contributed by atoms with Gasteiger partial charge in [-0.15, -0.1) is 0 Å². The second kappa shape index (κ2) is 21.1. The highest BCUT2D eigenvalue weighted by atomic mass is 16.7. The average Bonchev–Trinajstić information content (AvgIpc) is 3.50. The third-order valence-electron chi connectivity index (χ3n) is 15.7. The van der Waals surface area contributed by atoms with E-state index in [2.05, 4.69) is 155 Å². The lowest BCUT2D eigenvalue weighted by molar-refractivity contribution is 0.00578. The van der Waals surface area contributed by atoms with Crippen LogP contribution < -0.4 is 5.46 Å². The molecular formula is C58H83BO5. The lowest BCUT2D eigenvalue weighted by atomic mass is 9.68. The zero-order valence-electron chi connectivity index (χ0n) is 42.6.